The molecular weight excluding hydrogens is 292 g/mol. The highest BCUT2D eigenvalue weighted by molar-refractivity contribution is 7.08. The summed E-state index contributed by atoms with van der Waals surface area (Å²) in [6.07, 6.45) is 1.26. The molecule has 0 N–H and O–H groups in total. The van der Waals surface area contributed by atoms with E-state index in [1.54, 1.807) is 36.7 Å². The fourth-order valence-corrected chi connectivity index (χ4v) is 3.71. The molecule has 3 nitrogen and oxygen atoms in total. The Morgan fingerprint density at radius 1 is 0.950 bits per heavy atom. The molecule has 0 aliphatic rings. The van der Waals surface area contributed by atoms with E-state index in [1.807, 2.05) is 10.8 Å². The number of Topliss-reactive ketones (excluding diaryl/α,β-unsaturated/α-hetero) is 1. The summed E-state index contributed by atoms with van der Waals surface area (Å²) in [5, 5.41) is 7.16. The quantitative estimate of drug-likeness (QED) is 0.609. The van der Waals surface area contributed by atoms with Gasteiger partial charge in [0.05, 0.1) is 0 Å². The van der Waals surface area contributed by atoms with E-state index in [9.17, 15) is 14.4 Å². The number of hydrogen-bond donors (Lipinski definition) is 0. The van der Waals surface area contributed by atoms with Gasteiger partial charge < -0.3 is 9.59 Å². The highest BCUT2D eigenvalue weighted by Gasteiger charge is 2.47. The van der Waals surface area contributed by atoms with Gasteiger partial charge in [-0.05, 0) is 58.6 Å². The summed E-state index contributed by atoms with van der Waals surface area (Å²) in [5.74, 6) is -0.396. The maximum atomic E-state index is 12.9. The van der Waals surface area contributed by atoms with Crippen molar-refractivity contribution in [2.45, 2.75) is 24.7 Å². The number of rotatable bonds is 6. The van der Waals surface area contributed by atoms with E-state index in [2.05, 4.69) is 0 Å². The molecule has 0 amide bonds. The number of aldehydes is 2. The third-order valence-electron chi connectivity index (χ3n) is 3.66. The van der Waals surface area contributed by atoms with Crippen LogP contribution in [0.25, 0.3) is 0 Å². The molecule has 2 aromatic heterocycles. The molecule has 104 valence electrons. The summed E-state index contributed by atoms with van der Waals surface area (Å²) in [6.45, 7) is 3.14. The third-order valence-corrected chi connectivity index (χ3v) is 5.02. The van der Waals surface area contributed by atoms with Crippen molar-refractivity contribution in [2.24, 2.45) is 0 Å². The lowest BCUT2D eigenvalue weighted by Crippen LogP contribution is -2.47. The first-order chi connectivity index (χ1) is 9.49. The minimum absolute atomic E-state index is 0.396. The molecule has 0 unspecified atom stereocenters. The van der Waals surface area contributed by atoms with Crippen molar-refractivity contribution in [3.05, 3.63) is 44.8 Å². The van der Waals surface area contributed by atoms with E-state index in [0.29, 0.717) is 23.7 Å². The largest absolute Gasteiger partial charge is 0.302 e. The number of carbonyl (C=O) groups excluding carboxylic acids is 3. The maximum Gasteiger partial charge on any atom is 0.167 e. The molecule has 0 bridgehead atoms. The Kier molecular flexibility index (Phi) is 4.01. The normalized spacial score (nSPS) is 16.9. The predicted octanol–water partition coefficient (Wildman–Crippen LogP) is 2.99. The van der Waals surface area contributed by atoms with Crippen molar-refractivity contribution in [3.63, 3.8) is 0 Å². The predicted molar refractivity (Wildman–Crippen MR) is 80.5 cm³/mol. The average Bonchev–Trinajstić information content (AvgIpc) is 3.16. The topological polar surface area (TPSA) is 51.2 Å². The summed E-state index contributed by atoms with van der Waals surface area (Å²) in [6, 6.07) is 3.49. The van der Waals surface area contributed by atoms with Gasteiger partial charge in [0, 0.05) is 0 Å². The Hall–Kier alpha value is -1.59. The molecule has 0 spiro atoms. The summed E-state index contributed by atoms with van der Waals surface area (Å²) >= 11 is 2.84. The van der Waals surface area contributed by atoms with E-state index < -0.39 is 16.6 Å². The van der Waals surface area contributed by atoms with Crippen molar-refractivity contribution in [1.82, 2.24) is 0 Å². The van der Waals surface area contributed by atoms with Crippen LogP contribution in [0, 0.1) is 0 Å². The Balaban J connectivity index is 2.53. The fraction of sp³-hybridized carbons (Fsp3) is 0.267. The summed E-state index contributed by atoms with van der Waals surface area (Å²) in [7, 11) is 0. The van der Waals surface area contributed by atoms with Gasteiger partial charge in [-0.3, -0.25) is 4.79 Å². The lowest BCUT2D eigenvalue weighted by Gasteiger charge is -2.30. The third kappa shape index (κ3) is 2.17. The number of hydrogen-bond acceptors (Lipinski definition) is 5. The van der Waals surface area contributed by atoms with E-state index in [1.165, 1.54) is 22.7 Å². The molecule has 0 aromatic carbocycles. The van der Waals surface area contributed by atoms with Crippen LogP contribution in [0.1, 0.15) is 25.0 Å². The first kappa shape index (κ1) is 14.8. The van der Waals surface area contributed by atoms with E-state index in [4.69, 9.17) is 0 Å². The van der Waals surface area contributed by atoms with Crippen LogP contribution in [0.2, 0.25) is 0 Å². The number of ketones is 1. The summed E-state index contributed by atoms with van der Waals surface area (Å²) < 4.78 is 0. The Morgan fingerprint density at radius 2 is 1.35 bits per heavy atom. The lowest BCUT2D eigenvalue weighted by molar-refractivity contribution is -0.135. The van der Waals surface area contributed by atoms with E-state index in [-0.39, 0.29) is 0 Å². The first-order valence-corrected chi connectivity index (χ1v) is 7.90. The Bertz CT molecular complexity index is 561. The zero-order chi connectivity index (χ0) is 14.8. The molecule has 0 aliphatic carbocycles. The van der Waals surface area contributed by atoms with Gasteiger partial charge in [0.2, 0.25) is 0 Å². The van der Waals surface area contributed by atoms with Crippen LogP contribution in [0.3, 0.4) is 0 Å². The molecule has 5 heteroatoms. The van der Waals surface area contributed by atoms with Gasteiger partial charge in [0.1, 0.15) is 23.4 Å². The van der Waals surface area contributed by atoms with Gasteiger partial charge in [-0.1, -0.05) is 0 Å². The number of carbonyl (C=O) groups is 3. The standard InChI is InChI=1S/C15H14O3S2/c1-14(9-16,11-3-5-19-7-11)13(18)15(2,10-17)12-4-6-20-8-12/h3-10H,1-2H3/t14-,15-/m1/s1. The van der Waals surface area contributed by atoms with Crippen LogP contribution < -0.4 is 0 Å². The van der Waals surface area contributed by atoms with Crippen LogP contribution in [0.15, 0.2) is 33.7 Å². The molecule has 2 aromatic rings. The average molecular weight is 306 g/mol. The molecular formula is C15H14O3S2. The van der Waals surface area contributed by atoms with Gasteiger partial charge in [-0.15, -0.1) is 0 Å². The summed E-state index contributed by atoms with van der Waals surface area (Å²) in [5.41, 5.74) is -1.36. The molecule has 0 saturated carbocycles. The van der Waals surface area contributed by atoms with Crippen molar-refractivity contribution in [2.75, 3.05) is 0 Å². The zero-order valence-corrected chi connectivity index (χ0v) is 12.8. The zero-order valence-electron chi connectivity index (χ0n) is 11.2. The molecule has 2 heterocycles. The second-order valence-electron chi connectivity index (χ2n) is 4.99. The van der Waals surface area contributed by atoms with Gasteiger partial charge in [0.15, 0.2) is 5.78 Å². The van der Waals surface area contributed by atoms with Crippen molar-refractivity contribution in [1.29, 1.82) is 0 Å². The van der Waals surface area contributed by atoms with Gasteiger partial charge in [0.25, 0.3) is 0 Å². The van der Waals surface area contributed by atoms with Crippen LogP contribution in [0.4, 0.5) is 0 Å². The second-order valence-corrected chi connectivity index (χ2v) is 6.55. The fourth-order valence-electron chi connectivity index (χ4n) is 2.16. The molecule has 0 fully saturated rings. The first-order valence-electron chi connectivity index (χ1n) is 6.02. The minimum atomic E-state index is -1.31. The van der Waals surface area contributed by atoms with E-state index in [0.717, 1.165) is 0 Å². The van der Waals surface area contributed by atoms with Gasteiger partial charge >= 0.3 is 0 Å². The maximum absolute atomic E-state index is 12.9. The Labute approximate surface area is 125 Å². The lowest BCUT2D eigenvalue weighted by atomic mass is 9.68. The van der Waals surface area contributed by atoms with Crippen LogP contribution in [-0.4, -0.2) is 18.4 Å². The van der Waals surface area contributed by atoms with Crippen LogP contribution in [0.5, 0.6) is 0 Å². The SMILES string of the molecule is C[C@](C=O)(C(=O)[C@](C)(C=O)c1ccsc1)c1ccsc1. The van der Waals surface area contributed by atoms with Crippen molar-refractivity contribution >= 4 is 41.0 Å². The van der Waals surface area contributed by atoms with Crippen LogP contribution >= 0.6 is 22.7 Å². The molecule has 20 heavy (non-hydrogen) atoms. The number of thiophene rings is 2. The van der Waals surface area contributed by atoms with Gasteiger partial charge in [-0.25, -0.2) is 0 Å². The molecule has 2 atom stereocenters. The monoisotopic (exact) mass is 306 g/mol. The molecule has 2 rings (SSSR count). The smallest absolute Gasteiger partial charge is 0.167 e. The highest BCUT2D eigenvalue weighted by Crippen LogP contribution is 2.35. The minimum Gasteiger partial charge on any atom is -0.302 e. The summed E-state index contributed by atoms with van der Waals surface area (Å²) in [4.78, 5) is 36.0. The van der Waals surface area contributed by atoms with Crippen molar-refractivity contribution < 1.29 is 14.4 Å². The van der Waals surface area contributed by atoms with Gasteiger partial charge in [-0.2, -0.15) is 22.7 Å². The van der Waals surface area contributed by atoms with E-state index >= 15 is 0 Å². The van der Waals surface area contributed by atoms with Crippen LogP contribution in [-0.2, 0) is 25.2 Å². The van der Waals surface area contributed by atoms with Crippen molar-refractivity contribution in [3.8, 4) is 0 Å². The molecule has 0 saturated heterocycles. The molecule has 0 radical (unpaired) electrons. The molecule has 0 aliphatic heterocycles. The highest BCUT2D eigenvalue weighted by atomic mass is 32.1. The Morgan fingerprint density at radius 3 is 1.60 bits per heavy atom. The second kappa shape index (κ2) is 5.42.